The minimum absolute atomic E-state index is 0.473. The van der Waals surface area contributed by atoms with Crippen LogP contribution in [0.15, 0.2) is 0 Å². The molecule has 0 N–H and O–H groups in total. The fourth-order valence-corrected chi connectivity index (χ4v) is 2.38. The van der Waals surface area contributed by atoms with Gasteiger partial charge in [0, 0.05) is 6.04 Å². The van der Waals surface area contributed by atoms with Gasteiger partial charge in [0.2, 0.25) is 0 Å². The van der Waals surface area contributed by atoms with Crippen LogP contribution in [0, 0.1) is 16.7 Å². The molecule has 2 nitrogen and oxygen atoms in total. The molecule has 0 bridgehead atoms. The van der Waals surface area contributed by atoms with E-state index in [-0.39, 0.29) is 0 Å². The molecule has 0 radical (unpaired) electrons. The molecule has 1 saturated heterocycles. The van der Waals surface area contributed by atoms with E-state index in [1.807, 2.05) is 0 Å². The molecule has 0 aromatic carbocycles. The summed E-state index contributed by atoms with van der Waals surface area (Å²) in [6, 6.07) is 2.73. The Morgan fingerprint density at radius 1 is 1.31 bits per heavy atom. The highest BCUT2D eigenvalue weighted by Gasteiger charge is 2.44. The Hall–Kier alpha value is -0.550. The van der Waals surface area contributed by atoms with Gasteiger partial charge in [-0.2, -0.15) is 5.26 Å². The molecule has 1 aliphatic carbocycles. The largest absolute Gasteiger partial charge is 0.300 e. The molecule has 2 aliphatic rings. The molecule has 1 saturated carbocycles. The van der Waals surface area contributed by atoms with E-state index in [2.05, 4.69) is 17.9 Å². The van der Waals surface area contributed by atoms with E-state index < -0.39 is 0 Å². The minimum Gasteiger partial charge on any atom is -0.300 e. The third-order valence-electron chi connectivity index (χ3n) is 3.83. The summed E-state index contributed by atoms with van der Waals surface area (Å²) in [5.41, 5.74) is 0.767. The van der Waals surface area contributed by atoms with Crippen molar-refractivity contribution in [3.8, 4) is 6.07 Å². The molecular weight excluding hydrogens is 160 g/mol. The Kier molecular flexibility index (Phi) is 2.29. The molecule has 1 heterocycles. The Morgan fingerprint density at radius 2 is 1.92 bits per heavy atom. The number of hydrogen-bond donors (Lipinski definition) is 0. The van der Waals surface area contributed by atoms with Crippen molar-refractivity contribution >= 4 is 0 Å². The third-order valence-corrected chi connectivity index (χ3v) is 3.83. The molecule has 2 heteroatoms. The van der Waals surface area contributed by atoms with Crippen molar-refractivity contribution in [2.45, 2.75) is 45.1 Å². The molecule has 2 rings (SSSR count). The van der Waals surface area contributed by atoms with Gasteiger partial charge in [0.05, 0.1) is 12.5 Å². The summed E-state index contributed by atoms with van der Waals surface area (Å²) in [5, 5.41) is 8.61. The maximum absolute atomic E-state index is 8.61. The summed E-state index contributed by atoms with van der Waals surface area (Å²) in [5.74, 6) is 0. The lowest BCUT2D eigenvalue weighted by atomic mass is 9.93. The normalized spacial score (nSPS) is 28.3. The van der Waals surface area contributed by atoms with Crippen molar-refractivity contribution in [1.82, 2.24) is 4.90 Å². The van der Waals surface area contributed by atoms with Gasteiger partial charge < -0.3 is 0 Å². The third kappa shape index (κ3) is 1.86. The smallest absolute Gasteiger partial charge is 0.0638 e. The molecule has 1 aliphatic heterocycles. The Balaban J connectivity index is 1.80. The molecular formula is C11H18N2. The summed E-state index contributed by atoms with van der Waals surface area (Å²) in [4.78, 5) is 2.48. The Labute approximate surface area is 80.5 Å². The van der Waals surface area contributed by atoms with Crippen molar-refractivity contribution in [3.63, 3.8) is 0 Å². The van der Waals surface area contributed by atoms with Crippen LogP contribution in [0.2, 0.25) is 0 Å². The molecule has 13 heavy (non-hydrogen) atoms. The highest BCUT2D eigenvalue weighted by atomic mass is 15.2. The Morgan fingerprint density at radius 3 is 2.38 bits per heavy atom. The SMILES string of the molecule is CC(CC#N)N1CCC2(CC1)CC2. The van der Waals surface area contributed by atoms with Gasteiger partial charge in [-0.3, -0.25) is 4.90 Å². The van der Waals surface area contributed by atoms with Gasteiger partial charge in [0.25, 0.3) is 0 Å². The second-order valence-corrected chi connectivity index (χ2v) is 4.75. The second-order valence-electron chi connectivity index (χ2n) is 4.75. The minimum atomic E-state index is 0.473. The van der Waals surface area contributed by atoms with E-state index in [1.54, 1.807) is 0 Å². The van der Waals surface area contributed by atoms with Crippen LogP contribution in [0.25, 0.3) is 0 Å². The molecule has 2 fully saturated rings. The molecule has 0 amide bonds. The molecule has 1 atom stereocenters. The topological polar surface area (TPSA) is 27.0 Å². The van der Waals surface area contributed by atoms with E-state index in [0.29, 0.717) is 12.5 Å². The maximum atomic E-state index is 8.61. The average Bonchev–Trinajstić information content (AvgIpc) is 2.87. The predicted molar refractivity (Wildman–Crippen MR) is 52.2 cm³/mol. The van der Waals surface area contributed by atoms with Crippen LogP contribution in [-0.4, -0.2) is 24.0 Å². The quantitative estimate of drug-likeness (QED) is 0.648. The first-order valence-electron chi connectivity index (χ1n) is 5.37. The molecule has 72 valence electrons. The lowest BCUT2D eigenvalue weighted by Crippen LogP contribution is -2.40. The summed E-state index contributed by atoms with van der Waals surface area (Å²) in [6.07, 6.45) is 6.37. The monoisotopic (exact) mass is 178 g/mol. The average molecular weight is 178 g/mol. The first-order chi connectivity index (χ1) is 6.26. The van der Waals surface area contributed by atoms with Crippen LogP contribution in [-0.2, 0) is 0 Å². The number of nitrogens with zero attached hydrogens (tertiary/aromatic N) is 2. The summed E-state index contributed by atoms with van der Waals surface area (Å²) in [7, 11) is 0. The van der Waals surface area contributed by atoms with Gasteiger partial charge in [0.1, 0.15) is 0 Å². The van der Waals surface area contributed by atoms with Gasteiger partial charge in [-0.15, -0.1) is 0 Å². The fourth-order valence-electron chi connectivity index (χ4n) is 2.38. The highest BCUT2D eigenvalue weighted by Crippen LogP contribution is 2.53. The zero-order chi connectivity index (χ0) is 9.31. The zero-order valence-corrected chi connectivity index (χ0v) is 8.42. The van der Waals surface area contributed by atoms with Crippen LogP contribution in [0.5, 0.6) is 0 Å². The molecule has 0 aromatic rings. The first-order valence-corrected chi connectivity index (χ1v) is 5.37. The van der Waals surface area contributed by atoms with Crippen molar-refractivity contribution in [2.24, 2.45) is 5.41 Å². The highest BCUT2D eigenvalue weighted by molar-refractivity contribution is 4.97. The number of nitriles is 1. The number of hydrogen-bond acceptors (Lipinski definition) is 2. The molecule has 0 aromatic heterocycles. The van der Waals surface area contributed by atoms with Crippen LogP contribution >= 0.6 is 0 Å². The predicted octanol–water partition coefficient (Wildman–Crippen LogP) is 2.16. The van der Waals surface area contributed by atoms with E-state index in [4.69, 9.17) is 5.26 Å². The summed E-state index contributed by atoms with van der Waals surface area (Å²) >= 11 is 0. The van der Waals surface area contributed by atoms with Crippen molar-refractivity contribution in [2.75, 3.05) is 13.1 Å². The van der Waals surface area contributed by atoms with Crippen LogP contribution < -0.4 is 0 Å². The fraction of sp³-hybridized carbons (Fsp3) is 0.909. The van der Waals surface area contributed by atoms with Crippen molar-refractivity contribution in [3.05, 3.63) is 0 Å². The second kappa shape index (κ2) is 3.31. The van der Waals surface area contributed by atoms with Crippen LogP contribution in [0.4, 0.5) is 0 Å². The van der Waals surface area contributed by atoms with Crippen molar-refractivity contribution in [1.29, 1.82) is 5.26 Å². The number of likely N-dealkylation sites (tertiary alicyclic amines) is 1. The van der Waals surface area contributed by atoms with Gasteiger partial charge in [0.15, 0.2) is 0 Å². The summed E-state index contributed by atoms with van der Waals surface area (Å²) < 4.78 is 0. The standard InChI is InChI=1S/C11H18N2/c1-10(2-7-12)13-8-5-11(3-4-11)6-9-13/h10H,2-6,8-9H2,1H3. The van der Waals surface area contributed by atoms with Crippen molar-refractivity contribution < 1.29 is 0 Å². The van der Waals surface area contributed by atoms with Gasteiger partial charge in [-0.05, 0) is 51.1 Å². The maximum Gasteiger partial charge on any atom is 0.0638 e. The lowest BCUT2D eigenvalue weighted by molar-refractivity contribution is 0.133. The number of rotatable bonds is 2. The van der Waals surface area contributed by atoms with E-state index in [9.17, 15) is 0 Å². The first kappa shape index (κ1) is 9.02. The Bertz CT molecular complexity index is 215. The van der Waals surface area contributed by atoms with E-state index in [1.165, 1.54) is 38.8 Å². The zero-order valence-electron chi connectivity index (χ0n) is 8.42. The summed E-state index contributed by atoms with van der Waals surface area (Å²) in [6.45, 7) is 4.62. The van der Waals surface area contributed by atoms with Gasteiger partial charge in [-0.1, -0.05) is 0 Å². The molecule has 1 unspecified atom stereocenters. The van der Waals surface area contributed by atoms with E-state index >= 15 is 0 Å². The van der Waals surface area contributed by atoms with Crippen LogP contribution in [0.3, 0.4) is 0 Å². The number of piperidine rings is 1. The van der Waals surface area contributed by atoms with Gasteiger partial charge >= 0.3 is 0 Å². The van der Waals surface area contributed by atoms with Crippen LogP contribution in [0.1, 0.15) is 39.0 Å². The lowest BCUT2D eigenvalue weighted by Gasteiger charge is -2.35. The molecule has 1 spiro atoms. The van der Waals surface area contributed by atoms with E-state index in [0.717, 1.165) is 5.41 Å². The van der Waals surface area contributed by atoms with Gasteiger partial charge in [-0.25, -0.2) is 0 Å².